The fraction of sp³-hybridized carbons (Fsp3) is 0.632. The molecule has 2 aliphatic rings. The number of aryl methyl sites for hydroxylation is 2. The standard InChI is InChI=1S/C19H28N6O/c1-2-24-12-9-22-17(24)14-25(16-13-19(16)4-6-20-7-5-19)18(26)3-10-23-11-8-21-15-23/h8-9,11-12,15-16,20H,2-7,10,13-14H2,1H3. The molecule has 2 aromatic heterocycles. The lowest BCUT2D eigenvalue weighted by atomic mass is 9.93. The van der Waals surface area contributed by atoms with Crippen molar-refractivity contribution in [2.24, 2.45) is 5.41 Å². The first kappa shape index (κ1) is 17.3. The average molecular weight is 356 g/mol. The third kappa shape index (κ3) is 3.40. The molecule has 1 aliphatic carbocycles. The largest absolute Gasteiger partial charge is 0.337 e. The predicted octanol–water partition coefficient (Wildman–Crippen LogP) is 1.66. The van der Waals surface area contributed by atoms with E-state index in [4.69, 9.17) is 0 Å². The number of carbonyl (C=O) groups is 1. The Balaban J connectivity index is 1.48. The Morgan fingerprint density at radius 3 is 2.92 bits per heavy atom. The lowest BCUT2D eigenvalue weighted by molar-refractivity contribution is -0.133. The smallest absolute Gasteiger partial charge is 0.225 e. The molecule has 1 N–H and O–H groups in total. The number of nitrogens with zero attached hydrogens (tertiary/aromatic N) is 5. The van der Waals surface area contributed by atoms with Crippen LogP contribution >= 0.6 is 0 Å². The molecule has 1 unspecified atom stereocenters. The van der Waals surface area contributed by atoms with E-state index in [2.05, 4.69) is 31.7 Å². The molecule has 1 saturated carbocycles. The molecule has 3 heterocycles. The third-order valence-corrected chi connectivity index (χ3v) is 6.04. The quantitative estimate of drug-likeness (QED) is 0.819. The Labute approximate surface area is 154 Å². The highest BCUT2D eigenvalue weighted by Crippen LogP contribution is 2.56. The first-order chi connectivity index (χ1) is 12.7. The summed E-state index contributed by atoms with van der Waals surface area (Å²) in [5.74, 6) is 1.21. The Morgan fingerprint density at radius 2 is 2.19 bits per heavy atom. The Bertz CT molecular complexity index is 731. The fourth-order valence-electron chi connectivity index (χ4n) is 4.32. The van der Waals surface area contributed by atoms with Gasteiger partial charge < -0.3 is 19.4 Å². The van der Waals surface area contributed by atoms with E-state index in [1.165, 1.54) is 12.8 Å². The van der Waals surface area contributed by atoms with Gasteiger partial charge >= 0.3 is 0 Å². The van der Waals surface area contributed by atoms with Gasteiger partial charge in [0.2, 0.25) is 5.91 Å². The molecule has 1 saturated heterocycles. The van der Waals surface area contributed by atoms with Crippen LogP contribution in [0, 0.1) is 5.41 Å². The molecule has 1 spiro atoms. The molecule has 4 rings (SSSR count). The molecule has 1 amide bonds. The van der Waals surface area contributed by atoms with E-state index in [-0.39, 0.29) is 5.91 Å². The summed E-state index contributed by atoms with van der Waals surface area (Å²) in [7, 11) is 0. The van der Waals surface area contributed by atoms with Crippen LogP contribution < -0.4 is 5.32 Å². The zero-order valence-electron chi connectivity index (χ0n) is 15.5. The van der Waals surface area contributed by atoms with Crippen LogP contribution in [-0.4, -0.2) is 49.0 Å². The summed E-state index contributed by atoms with van der Waals surface area (Å²) in [5, 5.41) is 3.45. The van der Waals surface area contributed by atoms with Crippen molar-refractivity contribution in [3.63, 3.8) is 0 Å². The lowest BCUT2D eigenvalue weighted by Gasteiger charge is -2.29. The molecule has 7 heteroatoms. The van der Waals surface area contributed by atoms with Gasteiger partial charge in [0.05, 0.1) is 12.9 Å². The molecule has 26 heavy (non-hydrogen) atoms. The molecule has 7 nitrogen and oxygen atoms in total. The molecule has 2 aromatic rings. The van der Waals surface area contributed by atoms with Crippen LogP contribution in [0.25, 0.3) is 0 Å². The van der Waals surface area contributed by atoms with Gasteiger partial charge in [-0.15, -0.1) is 0 Å². The maximum Gasteiger partial charge on any atom is 0.225 e. The van der Waals surface area contributed by atoms with Crippen molar-refractivity contribution >= 4 is 5.91 Å². The second kappa shape index (κ2) is 7.23. The maximum atomic E-state index is 13.1. The number of nitrogens with one attached hydrogen (secondary N) is 1. The lowest BCUT2D eigenvalue weighted by Crippen LogP contribution is -2.39. The molecule has 0 radical (unpaired) electrons. The number of aromatic nitrogens is 4. The first-order valence-electron chi connectivity index (χ1n) is 9.68. The fourth-order valence-corrected chi connectivity index (χ4v) is 4.32. The van der Waals surface area contributed by atoms with Gasteiger partial charge in [-0.1, -0.05) is 0 Å². The first-order valence-corrected chi connectivity index (χ1v) is 9.68. The zero-order chi connectivity index (χ0) is 18.0. The normalized spacial score (nSPS) is 21.0. The minimum atomic E-state index is 0.227. The maximum absolute atomic E-state index is 13.1. The van der Waals surface area contributed by atoms with E-state index in [1.54, 1.807) is 12.5 Å². The van der Waals surface area contributed by atoms with Crippen molar-refractivity contribution < 1.29 is 4.79 Å². The molecule has 0 bridgehead atoms. The van der Waals surface area contributed by atoms with Crippen molar-refractivity contribution in [1.82, 2.24) is 29.3 Å². The van der Waals surface area contributed by atoms with Gasteiger partial charge in [-0.05, 0) is 44.7 Å². The van der Waals surface area contributed by atoms with Gasteiger partial charge in [0.15, 0.2) is 0 Å². The summed E-state index contributed by atoms with van der Waals surface area (Å²) in [5.41, 5.74) is 0.333. The highest BCUT2D eigenvalue weighted by Gasteiger charge is 2.57. The Hall–Kier alpha value is -2.15. The molecule has 0 aromatic carbocycles. The van der Waals surface area contributed by atoms with Crippen molar-refractivity contribution in [2.75, 3.05) is 13.1 Å². The minimum Gasteiger partial charge on any atom is -0.337 e. The van der Waals surface area contributed by atoms with Crippen molar-refractivity contribution in [2.45, 2.75) is 58.3 Å². The van der Waals surface area contributed by atoms with Crippen LogP contribution in [0.2, 0.25) is 0 Å². The van der Waals surface area contributed by atoms with Gasteiger partial charge in [-0.3, -0.25) is 4.79 Å². The van der Waals surface area contributed by atoms with Crippen molar-refractivity contribution in [1.29, 1.82) is 0 Å². The van der Waals surface area contributed by atoms with E-state index in [0.29, 0.717) is 31.0 Å². The summed E-state index contributed by atoms with van der Waals surface area (Å²) < 4.78 is 4.10. The summed E-state index contributed by atoms with van der Waals surface area (Å²) in [4.78, 5) is 23.8. The third-order valence-electron chi connectivity index (χ3n) is 6.04. The summed E-state index contributed by atoms with van der Waals surface area (Å²) in [6.07, 6.45) is 13.3. The topological polar surface area (TPSA) is 68.0 Å². The predicted molar refractivity (Wildman–Crippen MR) is 98.2 cm³/mol. The number of amides is 1. The Morgan fingerprint density at radius 1 is 1.35 bits per heavy atom. The minimum absolute atomic E-state index is 0.227. The highest BCUT2D eigenvalue weighted by atomic mass is 16.2. The van der Waals surface area contributed by atoms with E-state index < -0.39 is 0 Å². The summed E-state index contributed by atoms with van der Waals surface area (Å²) in [6, 6.07) is 0.363. The van der Waals surface area contributed by atoms with Crippen molar-refractivity contribution in [3.05, 3.63) is 36.9 Å². The van der Waals surface area contributed by atoms with Crippen LogP contribution in [0.15, 0.2) is 31.1 Å². The van der Waals surface area contributed by atoms with Crippen molar-refractivity contribution in [3.8, 4) is 0 Å². The van der Waals surface area contributed by atoms with E-state index in [9.17, 15) is 4.79 Å². The second-order valence-electron chi connectivity index (χ2n) is 7.53. The van der Waals surface area contributed by atoms with E-state index in [1.807, 2.05) is 23.2 Å². The van der Waals surface area contributed by atoms with Gasteiger partial charge in [-0.25, -0.2) is 9.97 Å². The number of carbonyl (C=O) groups excluding carboxylic acids is 1. The molecule has 140 valence electrons. The van der Waals surface area contributed by atoms with Crippen LogP contribution in [-0.2, 0) is 24.4 Å². The zero-order valence-corrected chi connectivity index (χ0v) is 15.5. The molecule has 1 atom stereocenters. The van der Waals surface area contributed by atoms with Gasteiger partial charge in [0, 0.05) is 50.3 Å². The summed E-state index contributed by atoms with van der Waals surface area (Å²) >= 11 is 0. The monoisotopic (exact) mass is 356 g/mol. The number of hydrogen-bond acceptors (Lipinski definition) is 4. The van der Waals surface area contributed by atoms with E-state index >= 15 is 0 Å². The van der Waals surface area contributed by atoms with Gasteiger partial charge in [0.1, 0.15) is 5.82 Å². The molecular formula is C19H28N6O. The Kier molecular flexibility index (Phi) is 4.80. The number of piperidine rings is 1. The SMILES string of the molecule is CCn1ccnc1CN(C(=O)CCn1ccnc1)C1CC12CCNCC2. The molecule has 1 aliphatic heterocycles. The van der Waals surface area contributed by atoms with Gasteiger partial charge in [0.25, 0.3) is 0 Å². The van der Waals surface area contributed by atoms with Crippen LogP contribution in [0.3, 0.4) is 0 Å². The second-order valence-corrected chi connectivity index (χ2v) is 7.53. The molecule has 2 fully saturated rings. The van der Waals surface area contributed by atoms with Crippen LogP contribution in [0.1, 0.15) is 38.4 Å². The highest BCUT2D eigenvalue weighted by molar-refractivity contribution is 5.77. The van der Waals surface area contributed by atoms with Gasteiger partial charge in [-0.2, -0.15) is 0 Å². The average Bonchev–Trinajstić information content (AvgIpc) is 3.06. The van der Waals surface area contributed by atoms with Crippen LogP contribution in [0.4, 0.5) is 0 Å². The summed E-state index contributed by atoms with van der Waals surface area (Å²) in [6.45, 7) is 6.42. The number of imidazole rings is 2. The molecular weight excluding hydrogens is 328 g/mol. The number of hydrogen-bond donors (Lipinski definition) is 1. The van der Waals surface area contributed by atoms with Crippen LogP contribution in [0.5, 0.6) is 0 Å². The van der Waals surface area contributed by atoms with E-state index in [0.717, 1.165) is 31.9 Å². The number of rotatable bonds is 7.